The zero-order chi connectivity index (χ0) is 17.5. The van der Waals surface area contributed by atoms with Crippen LogP contribution in [-0.2, 0) is 13.1 Å². The Bertz CT molecular complexity index is 829. The number of nitrogens with one attached hydrogen (secondary N) is 2. The van der Waals surface area contributed by atoms with Crippen molar-refractivity contribution in [2.24, 2.45) is 4.99 Å². The third-order valence-electron chi connectivity index (χ3n) is 3.81. The van der Waals surface area contributed by atoms with Gasteiger partial charge in [-0.1, -0.05) is 48.0 Å². The van der Waals surface area contributed by atoms with Gasteiger partial charge >= 0.3 is 0 Å². The van der Waals surface area contributed by atoms with Gasteiger partial charge in [0.2, 0.25) is 5.89 Å². The normalized spacial score (nSPS) is 10.9. The van der Waals surface area contributed by atoms with Crippen molar-refractivity contribution in [1.29, 1.82) is 0 Å². The molecule has 0 spiro atoms. The fourth-order valence-electron chi connectivity index (χ4n) is 2.39. The molecule has 3 aromatic rings. The molecule has 0 atom stereocenters. The van der Waals surface area contributed by atoms with Crippen LogP contribution in [0.4, 0.5) is 0 Å². The molecule has 0 aliphatic carbocycles. The van der Waals surface area contributed by atoms with Gasteiger partial charge < -0.3 is 15.1 Å². The summed E-state index contributed by atoms with van der Waals surface area (Å²) in [5.41, 5.74) is 4.22. The van der Waals surface area contributed by atoms with Gasteiger partial charge in [0.05, 0.1) is 12.2 Å². The summed E-state index contributed by atoms with van der Waals surface area (Å²) in [5, 5.41) is 6.53. The van der Waals surface area contributed by atoms with Crippen molar-refractivity contribution in [3.8, 4) is 11.5 Å². The number of nitrogens with zero attached hydrogens (tertiary/aromatic N) is 2. The summed E-state index contributed by atoms with van der Waals surface area (Å²) in [6.45, 7) is 3.32. The predicted octanol–water partition coefficient (Wildman–Crippen LogP) is 4.13. The maximum atomic E-state index is 5.57. The molecule has 6 heteroatoms. The molecule has 0 saturated carbocycles. The first-order valence-corrected chi connectivity index (χ1v) is 8.24. The number of aryl methyl sites for hydroxylation is 1. The molecule has 0 fully saturated rings. The zero-order valence-corrected chi connectivity index (χ0v) is 17.2. The second kappa shape index (κ2) is 9.96. The molecule has 0 radical (unpaired) electrons. The van der Waals surface area contributed by atoms with Crippen LogP contribution >= 0.6 is 24.0 Å². The van der Waals surface area contributed by atoms with Crippen LogP contribution in [-0.4, -0.2) is 18.0 Å². The largest absolute Gasteiger partial charge is 0.444 e. The number of hydrogen-bond donors (Lipinski definition) is 2. The SMILES string of the molecule is CN=C(NCc1ccccc1)NCc1coc(-c2ccc(C)cc2)n1.I. The van der Waals surface area contributed by atoms with Crippen molar-refractivity contribution >= 4 is 29.9 Å². The standard InChI is InChI=1S/C20H22N4O.HI/c1-15-8-10-17(11-9-15)19-24-18(14-25-19)13-23-20(21-2)22-12-16-6-4-3-5-7-16;/h3-11,14H,12-13H2,1-2H3,(H2,21,22,23);1H. The van der Waals surface area contributed by atoms with Crippen molar-refractivity contribution in [2.45, 2.75) is 20.0 Å². The highest BCUT2D eigenvalue weighted by Gasteiger charge is 2.07. The first kappa shape index (κ1) is 20.0. The lowest BCUT2D eigenvalue weighted by atomic mass is 10.1. The van der Waals surface area contributed by atoms with Crippen LogP contribution < -0.4 is 10.6 Å². The number of guanidine groups is 1. The van der Waals surface area contributed by atoms with Crippen molar-refractivity contribution in [1.82, 2.24) is 15.6 Å². The van der Waals surface area contributed by atoms with Crippen LogP contribution in [0.3, 0.4) is 0 Å². The number of aromatic nitrogens is 1. The molecule has 0 bridgehead atoms. The minimum atomic E-state index is 0. The molecule has 1 heterocycles. The van der Waals surface area contributed by atoms with E-state index >= 15 is 0 Å². The Morgan fingerprint density at radius 2 is 1.69 bits per heavy atom. The first-order valence-electron chi connectivity index (χ1n) is 8.24. The predicted molar refractivity (Wildman–Crippen MR) is 116 cm³/mol. The van der Waals surface area contributed by atoms with Crippen LogP contribution in [0.1, 0.15) is 16.8 Å². The highest BCUT2D eigenvalue weighted by atomic mass is 127. The molecule has 0 aliphatic rings. The lowest BCUT2D eigenvalue weighted by Gasteiger charge is -2.10. The molecule has 0 saturated heterocycles. The average molecular weight is 462 g/mol. The van der Waals surface area contributed by atoms with Crippen molar-refractivity contribution in [2.75, 3.05) is 7.05 Å². The summed E-state index contributed by atoms with van der Waals surface area (Å²) < 4.78 is 5.57. The van der Waals surface area contributed by atoms with Crippen LogP contribution in [0.25, 0.3) is 11.5 Å². The summed E-state index contributed by atoms with van der Waals surface area (Å²) in [6, 6.07) is 18.3. The summed E-state index contributed by atoms with van der Waals surface area (Å²) in [5.74, 6) is 1.35. The van der Waals surface area contributed by atoms with Crippen LogP contribution in [0.2, 0.25) is 0 Å². The molecular formula is C20H23IN4O. The number of aliphatic imine (C=N–C) groups is 1. The number of rotatable bonds is 5. The maximum Gasteiger partial charge on any atom is 0.226 e. The molecule has 0 amide bonds. The average Bonchev–Trinajstić information content (AvgIpc) is 3.12. The Hall–Kier alpha value is -2.35. The van der Waals surface area contributed by atoms with Gasteiger partial charge in [-0.3, -0.25) is 4.99 Å². The van der Waals surface area contributed by atoms with Gasteiger partial charge in [0, 0.05) is 19.2 Å². The summed E-state index contributed by atoms with van der Waals surface area (Å²) >= 11 is 0. The van der Waals surface area contributed by atoms with E-state index in [-0.39, 0.29) is 24.0 Å². The molecule has 136 valence electrons. The van der Waals surface area contributed by atoms with E-state index < -0.39 is 0 Å². The van der Waals surface area contributed by atoms with Gasteiger partial charge in [0.25, 0.3) is 0 Å². The van der Waals surface area contributed by atoms with Crippen molar-refractivity contribution < 1.29 is 4.42 Å². The summed E-state index contributed by atoms with van der Waals surface area (Å²) in [7, 11) is 1.75. The topological polar surface area (TPSA) is 62.5 Å². The molecule has 2 N–H and O–H groups in total. The molecular weight excluding hydrogens is 439 g/mol. The lowest BCUT2D eigenvalue weighted by Crippen LogP contribution is -2.36. The highest BCUT2D eigenvalue weighted by Crippen LogP contribution is 2.18. The quantitative estimate of drug-likeness (QED) is 0.340. The lowest BCUT2D eigenvalue weighted by molar-refractivity contribution is 0.572. The number of halogens is 1. The van der Waals surface area contributed by atoms with Gasteiger partial charge in [-0.25, -0.2) is 4.98 Å². The van der Waals surface area contributed by atoms with Crippen LogP contribution in [0, 0.1) is 6.92 Å². The van der Waals surface area contributed by atoms with Gasteiger partial charge in [0.15, 0.2) is 5.96 Å². The molecule has 26 heavy (non-hydrogen) atoms. The Morgan fingerprint density at radius 1 is 1.00 bits per heavy atom. The molecule has 0 unspecified atom stereocenters. The van der Waals surface area contributed by atoms with E-state index in [9.17, 15) is 0 Å². The zero-order valence-electron chi connectivity index (χ0n) is 14.9. The Balaban J connectivity index is 0.00000243. The van der Waals surface area contributed by atoms with E-state index in [1.54, 1.807) is 13.3 Å². The number of oxazole rings is 1. The van der Waals surface area contributed by atoms with Gasteiger partial charge in [0.1, 0.15) is 6.26 Å². The number of benzene rings is 2. The fourth-order valence-corrected chi connectivity index (χ4v) is 2.39. The van der Waals surface area contributed by atoms with E-state index in [1.807, 2.05) is 42.5 Å². The maximum absolute atomic E-state index is 5.57. The van der Waals surface area contributed by atoms with E-state index in [0.29, 0.717) is 19.0 Å². The molecule has 1 aromatic heterocycles. The monoisotopic (exact) mass is 462 g/mol. The van der Waals surface area contributed by atoms with E-state index in [2.05, 4.69) is 39.7 Å². The highest BCUT2D eigenvalue weighted by molar-refractivity contribution is 14.0. The van der Waals surface area contributed by atoms with Gasteiger partial charge in [-0.05, 0) is 24.6 Å². The third-order valence-corrected chi connectivity index (χ3v) is 3.81. The Labute approximate surface area is 171 Å². The van der Waals surface area contributed by atoms with E-state index in [4.69, 9.17) is 4.42 Å². The van der Waals surface area contributed by atoms with Gasteiger partial charge in [-0.2, -0.15) is 0 Å². The second-order valence-corrected chi connectivity index (χ2v) is 5.77. The summed E-state index contributed by atoms with van der Waals surface area (Å²) in [6.07, 6.45) is 1.67. The van der Waals surface area contributed by atoms with Crippen LogP contribution in [0.15, 0.2) is 70.3 Å². The van der Waals surface area contributed by atoms with Crippen molar-refractivity contribution in [3.63, 3.8) is 0 Å². The Kier molecular flexibility index (Phi) is 7.65. The van der Waals surface area contributed by atoms with E-state index in [0.717, 1.165) is 17.2 Å². The molecule has 2 aromatic carbocycles. The smallest absolute Gasteiger partial charge is 0.226 e. The first-order chi connectivity index (χ1) is 12.2. The Morgan fingerprint density at radius 3 is 2.38 bits per heavy atom. The second-order valence-electron chi connectivity index (χ2n) is 5.77. The minimum absolute atomic E-state index is 0. The molecule has 5 nitrogen and oxygen atoms in total. The number of hydrogen-bond acceptors (Lipinski definition) is 3. The van der Waals surface area contributed by atoms with Gasteiger partial charge in [-0.15, -0.1) is 24.0 Å². The molecule has 3 rings (SSSR count). The molecule has 0 aliphatic heterocycles. The third kappa shape index (κ3) is 5.59. The van der Waals surface area contributed by atoms with Crippen molar-refractivity contribution in [3.05, 3.63) is 77.7 Å². The van der Waals surface area contributed by atoms with Crippen LogP contribution in [0.5, 0.6) is 0 Å². The minimum Gasteiger partial charge on any atom is -0.444 e. The van der Waals surface area contributed by atoms with E-state index in [1.165, 1.54) is 11.1 Å². The fraction of sp³-hybridized carbons (Fsp3) is 0.200. The summed E-state index contributed by atoms with van der Waals surface area (Å²) in [4.78, 5) is 8.75.